The van der Waals surface area contributed by atoms with Crippen LogP contribution in [0, 0.1) is 0 Å². The van der Waals surface area contributed by atoms with E-state index < -0.39 is 0 Å². The Morgan fingerprint density at radius 2 is 1.68 bits per heavy atom. The van der Waals surface area contributed by atoms with Crippen molar-refractivity contribution in [1.82, 2.24) is 15.5 Å². The summed E-state index contributed by atoms with van der Waals surface area (Å²) in [5, 5.41) is 6.90. The Bertz CT molecular complexity index is 781. The first kappa shape index (κ1) is 25.4. The number of aliphatic imine (C=N–C) groups is 1. The second-order valence-corrected chi connectivity index (χ2v) is 7.62. The van der Waals surface area contributed by atoms with Crippen LogP contribution in [-0.4, -0.2) is 64.3 Å². The fraction of sp³-hybridized carbons (Fsp3) is 0.458. The largest absolute Gasteiger partial charge is 0.379 e. The van der Waals surface area contributed by atoms with Crippen LogP contribution in [0.5, 0.6) is 0 Å². The van der Waals surface area contributed by atoms with Gasteiger partial charge in [-0.2, -0.15) is 0 Å². The van der Waals surface area contributed by atoms with E-state index in [1.807, 2.05) is 13.1 Å². The number of hydrogen-bond acceptors (Lipinski definition) is 4. The van der Waals surface area contributed by atoms with Crippen LogP contribution in [0.15, 0.2) is 59.6 Å². The van der Waals surface area contributed by atoms with Crippen LogP contribution in [0.1, 0.15) is 17.5 Å². The zero-order valence-corrected chi connectivity index (χ0v) is 21.0. The number of nitrogens with one attached hydrogen (secondary N) is 2. The molecule has 3 rings (SSSR count). The lowest BCUT2D eigenvalue weighted by atomic mass is 10.1. The summed E-state index contributed by atoms with van der Waals surface area (Å²) in [4.78, 5) is 9.11. The molecule has 0 atom stereocenters. The highest BCUT2D eigenvalue weighted by Gasteiger charge is 2.12. The predicted molar refractivity (Wildman–Crippen MR) is 140 cm³/mol. The van der Waals surface area contributed by atoms with Gasteiger partial charge in [-0.15, -0.1) is 24.0 Å². The second-order valence-electron chi connectivity index (χ2n) is 7.62. The second kappa shape index (κ2) is 14.3. The van der Waals surface area contributed by atoms with Crippen molar-refractivity contribution in [2.45, 2.75) is 19.5 Å². The van der Waals surface area contributed by atoms with Gasteiger partial charge in [-0.1, -0.05) is 42.5 Å². The van der Waals surface area contributed by atoms with Gasteiger partial charge >= 0.3 is 0 Å². The van der Waals surface area contributed by atoms with Gasteiger partial charge in [-0.05, 0) is 29.7 Å². The normalized spacial score (nSPS) is 14.6. The van der Waals surface area contributed by atoms with E-state index in [1.54, 1.807) is 0 Å². The zero-order chi connectivity index (χ0) is 21.0. The molecule has 2 N–H and O–H groups in total. The summed E-state index contributed by atoms with van der Waals surface area (Å²) in [7, 11) is 3.96. The van der Waals surface area contributed by atoms with Gasteiger partial charge in [0.25, 0.3) is 0 Å². The van der Waals surface area contributed by atoms with Crippen molar-refractivity contribution >= 4 is 35.6 Å². The van der Waals surface area contributed by atoms with Gasteiger partial charge < -0.3 is 20.3 Å². The van der Waals surface area contributed by atoms with Crippen molar-refractivity contribution in [3.8, 4) is 0 Å². The summed E-state index contributed by atoms with van der Waals surface area (Å²) in [6.45, 7) is 7.28. The maximum Gasteiger partial charge on any atom is 0.191 e. The number of guanidine groups is 1. The number of rotatable bonds is 9. The molecule has 0 aromatic heterocycles. The molecule has 6 nitrogen and oxygen atoms in total. The monoisotopic (exact) mass is 537 g/mol. The van der Waals surface area contributed by atoms with E-state index >= 15 is 0 Å². The van der Waals surface area contributed by atoms with Crippen molar-refractivity contribution in [1.29, 1.82) is 0 Å². The quantitative estimate of drug-likeness (QED) is 0.223. The molecule has 0 amide bonds. The molecule has 7 heteroatoms. The van der Waals surface area contributed by atoms with Gasteiger partial charge in [0.1, 0.15) is 0 Å². The number of para-hydroxylation sites is 1. The third-order valence-corrected chi connectivity index (χ3v) is 5.45. The molecule has 0 aliphatic carbocycles. The highest BCUT2D eigenvalue weighted by atomic mass is 127. The van der Waals surface area contributed by atoms with Crippen molar-refractivity contribution < 1.29 is 4.74 Å². The summed E-state index contributed by atoms with van der Waals surface area (Å²) in [5.74, 6) is 0.846. The highest BCUT2D eigenvalue weighted by Crippen LogP contribution is 2.13. The minimum atomic E-state index is 0. The minimum Gasteiger partial charge on any atom is -0.379 e. The van der Waals surface area contributed by atoms with E-state index in [0.29, 0.717) is 0 Å². The highest BCUT2D eigenvalue weighted by molar-refractivity contribution is 14.0. The maximum atomic E-state index is 5.47. The fourth-order valence-corrected chi connectivity index (χ4v) is 3.62. The average molecular weight is 537 g/mol. The molecule has 1 aliphatic heterocycles. The molecule has 0 saturated carbocycles. The Morgan fingerprint density at radius 1 is 1.00 bits per heavy atom. The summed E-state index contributed by atoms with van der Waals surface area (Å²) < 4.78 is 5.47. The van der Waals surface area contributed by atoms with Gasteiger partial charge in [0.15, 0.2) is 5.96 Å². The topological polar surface area (TPSA) is 52.1 Å². The van der Waals surface area contributed by atoms with Gasteiger partial charge in [-0.3, -0.25) is 9.89 Å². The average Bonchev–Trinajstić information content (AvgIpc) is 2.80. The molecule has 1 saturated heterocycles. The van der Waals surface area contributed by atoms with Crippen LogP contribution in [-0.2, 0) is 17.8 Å². The van der Waals surface area contributed by atoms with E-state index in [4.69, 9.17) is 4.74 Å². The maximum absolute atomic E-state index is 5.47. The van der Waals surface area contributed by atoms with E-state index in [0.717, 1.165) is 64.9 Å². The first-order chi connectivity index (χ1) is 14.8. The molecular formula is C24H36IN5O. The summed E-state index contributed by atoms with van der Waals surface area (Å²) in [6.07, 6.45) is 1.04. The van der Waals surface area contributed by atoms with E-state index in [2.05, 4.69) is 81.0 Å². The van der Waals surface area contributed by atoms with Crippen LogP contribution in [0.4, 0.5) is 5.69 Å². The predicted octanol–water partition coefficient (Wildman–Crippen LogP) is 3.33. The summed E-state index contributed by atoms with van der Waals surface area (Å²) in [6, 6.07) is 19.1. The SMILES string of the molecule is CN=C(NCCCN(C)c1ccccc1)NCc1ccccc1CN1CCOCC1.I. The Labute approximate surface area is 204 Å². The molecule has 1 heterocycles. The lowest BCUT2D eigenvalue weighted by molar-refractivity contribution is 0.0341. The summed E-state index contributed by atoms with van der Waals surface area (Å²) >= 11 is 0. The fourth-order valence-electron chi connectivity index (χ4n) is 3.62. The molecule has 31 heavy (non-hydrogen) atoms. The molecule has 0 radical (unpaired) electrons. The van der Waals surface area contributed by atoms with Gasteiger partial charge in [0, 0.05) is 59.1 Å². The number of halogens is 1. The molecule has 0 unspecified atom stereocenters. The Morgan fingerprint density at radius 3 is 2.39 bits per heavy atom. The van der Waals surface area contributed by atoms with Crippen LogP contribution in [0.3, 0.4) is 0 Å². The Kier molecular flexibility index (Phi) is 11.7. The lowest BCUT2D eigenvalue weighted by Crippen LogP contribution is -2.39. The van der Waals surface area contributed by atoms with Crippen LogP contribution < -0.4 is 15.5 Å². The van der Waals surface area contributed by atoms with Gasteiger partial charge in [-0.25, -0.2) is 0 Å². The molecule has 1 fully saturated rings. The van der Waals surface area contributed by atoms with Crippen molar-refractivity contribution in [2.24, 2.45) is 4.99 Å². The van der Waals surface area contributed by atoms with E-state index in [-0.39, 0.29) is 24.0 Å². The Hall–Kier alpha value is -1.84. The minimum absolute atomic E-state index is 0. The number of ether oxygens (including phenoxy) is 1. The third-order valence-electron chi connectivity index (χ3n) is 5.45. The van der Waals surface area contributed by atoms with Gasteiger partial charge in [0.05, 0.1) is 13.2 Å². The van der Waals surface area contributed by atoms with E-state index in [9.17, 15) is 0 Å². The number of morpholine rings is 1. The number of nitrogens with zero attached hydrogens (tertiary/aromatic N) is 3. The smallest absolute Gasteiger partial charge is 0.191 e. The van der Waals surface area contributed by atoms with Gasteiger partial charge in [0.2, 0.25) is 0 Å². The molecule has 1 aliphatic rings. The van der Waals surface area contributed by atoms with Crippen molar-refractivity contribution in [3.63, 3.8) is 0 Å². The molecule has 0 spiro atoms. The lowest BCUT2D eigenvalue weighted by Gasteiger charge is -2.27. The van der Waals surface area contributed by atoms with Crippen LogP contribution >= 0.6 is 24.0 Å². The third kappa shape index (κ3) is 8.66. The van der Waals surface area contributed by atoms with Crippen LogP contribution in [0.25, 0.3) is 0 Å². The zero-order valence-electron chi connectivity index (χ0n) is 18.7. The molecule has 2 aromatic carbocycles. The first-order valence-electron chi connectivity index (χ1n) is 10.8. The van der Waals surface area contributed by atoms with Crippen molar-refractivity contribution in [2.75, 3.05) is 58.4 Å². The van der Waals surface area contributed by atoms with E-state index in [1.165, 1.54) is 16.8 Å². The first-order valence-corrected chi connectivity index (χ1v) is 10.8. The molecule has 0 bridgehead atoms. The number of hydrogen-bond donors (Lipinski definition) is 2. The van der Waals surface area contributed by atoms with Crippen molar-refractivity contribution in [3.05, 3.63) is 65.7 Å². The molecule has 2 aromatic rings. The molecular weight excluding hydrogens is 501 g/mol. The number of benzene rings is 2. The van der Waals surface area contributed by atoms with Crippen LogP contribution in [0.2, 0.25) is 0 Å². The number of anilines is 1. The standard InChI is InChI=1S/C24H35N5O.HI/c1-25-24(26-13-8-14-28(2)23-11-4-3-5-12-23)27-19-21-9-6-7-10-22(21)20-29-15-17-30-18-16-29;/h3-7,9-12H,8,13-20H2,1-2H3,(H2,25,26,27);1H. The Balaban J connectivity index is 0.00000341. The summed E-state index contributed by atoms with van der Waals surface area (Å²) in [5.41, 5.74) is 3.93. The molecule has 170 valence electrons.